The van der Waals surface area contributed by atoms with Crippen LogP contribution in [0.5, 0.6) is 5.75 Å². The average Bonchev–Trinajstić information content (AvgIpc) is 2.96. The lowest BCUT2D eigenvalue weighted by molar-refractivity contribution is 0.102. The fourth-order valence-electron chi connectivity index (χ4n) is 3.10. The maximum atomic E-state index is 12.6. The summed E-state index contributed by atoms with van der Waals surface area (Å²) in [5, 5.41) is 13.2. The molecule has 26 heavy (non-hydrogen) atoms. The van der Waals surface area contributed by atoms with Crippen LogP contribution in [-0.2, 0) is 12.8 Å². The van der Waals surface area contributed by atoms with Crippen molar-refractivity contribution in [3.05, 3.63) is 45.8 Å². The molecule has 1 aromatic heterocycles. The zero-order valence-electron chi connectivity index (χ0n) is 15.5. The van der Waals surface area contributed by atoms with Crippen molar-refractivity contribution < 1.29 is 9.53 Å². The van der Waals surface area contributed by atoms with Crippen molar-refractivity contribution in [3.63, 3.8) is 0 Å². The Bertz CT molecular complexity index is 831. The van der Waals surface area contributed by atoms with Crippen LogP contribution in [0.2, 0.25) is 0 Å². The predicted octanol–water partition coefficient (Wildman–Crippen LogP) is 5.03. The number of fused-ring (bicyclic) bond motifs is 1. The zero-order chi connectivity index (χ0) is 18.7. The summed E-state index contributed by atoms with van der Waals surface area (Å²) in [6.45, 7) is 7.07. The molecule has 0 unspecified atom stereocenters. The molecule has 3 rings (SSSR count). The van der Waals surface area contributed by atoms with E-state index in [1.807, 2.05) is 12.1 Å². The van der Waals surface area contributed by atoms with Gasteiger partial charge in [-0.25, -0.2) is 0 Å². The molecule has 1 amide bonds. The van der Waals surface area contributed by atoms with E-state index in [-0.39, 0.29) is 5.91 Å². The number of ether oxygens (including phenoxy) is 1. The molecule has 0 bridgehead atoms. The smallest absolute Gasteiger partial charge is 0.256 e. The van der Waals surface area contributed by atoms with Crippen LogP contribution < -0.4 is 10.1 Å². The highest BCUT2D eigenvalue weighted by atomic mass is 32.1. The Hall–Kier alpha value is -2.32. The summed E-state index contributed by atoms with van der Waals surface area (Å²) < 4.78 is 5.65. The minimum Gasteiger partial charge on any atom is -0.493 e. The first-order valence-electron chi connectivity index (χ1n) is 9.06. The highest BCUT2D eigenvalue weighted by molar-refractivity contribution is 7.16. The average molecular weight is 369 g/mol. The van der Waals surface area contributed by atoms with Gasteiger partial charge in [-0.3, -0.25) is 4.79 Å². The van der Waals surface area contributed by atoms with E-state index >= 15 is 0 Å². The van der Waals surface area contributed by atoms with E-state index < -0.39 is 0 Å². The number of nitriles is 1. The first kappa shape index (κ1) is 18.5. The Labute approximate surface area is 158 Å². The molecular weight excluding hydrogens is 344 g/mol. The molecule has 0 fully saturated rings. The van der Waals surface area contributed by atoms with E-state index in [9.17, 15) is 10.1 Å². The number of nitrogens with zero attached hydrogens (tertiary/aromatic N) is 1. The quantitative estimate of drug-likeness (QED) is 0.805. The first-order chi connectivity index (χ1) is 12.5. The van der Waals surface area contributed by atoms with Crippen LogP contribution in [-0.4, -0.2) is 12.5 Å². The SMILES string of the molecule is CC(C)COc1ccc(C(=O)Nc2sc3c(c2C#N)CC[C@@H](C)C3)cc1. The van der Waals surface area contributed by atoms with Crippen LogP contribution in [0.3, 0.4) is 0 Å². The molecule has 0 spiro atoms. The molecular formula is C21H24N2O2S. The molecule has 0 aliphatic heterocycles. The lowest BCUT2D eigenvalue weighted by Crippen LogP contribution is -2.12. The van der Waals surface area contributed by atoms with Crippen molar-refractivity contribution in [3.8, 4) is 11.8 Å². The second-order valence-electron chi connectivity index (χ2n) is 7.35. The number of anilines is 1. The summed E-state index contributed by atoms with van der Waals surface area (Å²) in [5.74, 6) is 1.65. The molecule has 0 saturated carbocycles. The third-order valence-electron chi connectivity index (χ3n) is 4.55. The second kappa shape index (κ2) is 7.92. The minimum absolute atomic E-state index is 0.191. The van der Waals surface area contributed by atoms with Crippen LogP contribution in [0.15, 0.2) is 24.3 Å². The third-order valence-corrected chi connectivity index (χ3v) is 5.72. The number of thiophene rings is 1. The van der Waals surface area contributed by atoms with Crippen molar-refractivity contribution in [2.45, 2.75) is 40.0 Å². The summed E-state index contributed by atoms with van der Waals surface area (Å²) in [6, 6.07) is 9.42. The van der Waals surface area contributed by atoms with Crippen molar-refractivity contribution >= 4 is 22.2 Å². The van der Waals surface area contributed by atoms with E-state index in [0.717, 1.165) is 30.6 Å². The maximum absolute atomic E-state index is 12.6. The van der Waals surface area contributed by atoms with Crippen LogP contribution in [0.25, 0.3) is 0 Å². The molecule has 1 aliphatic carbocycles. The Morgan fingerprint density at radius 2 is 2.12 bits per heavy atom. The standard InChI is InChI=1S/C21H24N2O2S/c1-13(2)12-25-16-7-5-15(6-8-16)20(24)23-21-18(11-22)17-9-4-14(3)10-19(17)26-21/h5-8,13-14H,4,9-10,12H2,1-3H3,(H,23,24)/t14-/m1/s1. The molecule has 0 saturated heterocycles. The molecule has 1 aliphatic rings. The van der Waals surface area contributed by atoms with Gasteiger partial charge in [0.15, 0.2) is 0 Å². The Morgan fingerprint density at radius 3 is 2.77 bits per heavy atom. The molecule has 136 valence electrons. The van der Waals surface area contributed by atoms with Crippen LogP contribution in [0, 0.1) is 23.2 Å². The van der Waals surface area contributed by atoms with Gasteiger partial charge < -0.3 is 10.1 Å². The topological polar surface area (TPSA) is 62.1 Å². The molecule has 2 aromatic rings. The first-order valence-corrected chi connectivity index (χ1v) is 9.88. The Kier molecular flexibility index (Phi) is 5.63. The number of rotatable bonds is 5. The number of hydrogen-bond donors (Lipinski definition) is 1. The van der Waals surface area contributed by atoms with Crippen LogP contribution in [0.1, 0.15) is 53.6 Å². The van der Waals surface area contributed by atoms with E-state index in [2.05, 4.69) is 32.2 Å². The fraction of sp³-hybridized carbons (Fsp3) is 0.429. The molecule has 1 N–H and O–H groups in total. The summed E-state index contributed by atoms with van der Waals surface area (Å²) in [7, 11) is 0. The summed E-state index contributed by atoms with van der Waals surface area (Å²) >= 11 is 1.55. The molecule has 1 atom stereocenters. The number of benzene rings is 1. The monoisotopic (exact) mass is 368 g/mol. The molecule has 4 nitrogen and oxygen atoms in total. The van der Waals surface area contributed by atoms with Gasteiger partial charge in [0.05, 0.1) is 12.2 Å². The number of carbonyl (C=O) groups is 1. The van der Waals surface area contributed by atoms with Gasteiger partial charge in [-0.15, -0.1) is 11.3 Å². The van der Waals surface area contributed by atoms with Gasteiger partial charge in [-0.05, 0) is 60.9 Å². The fourth-order valence-corrected chi connectivity index (χ4v) is 4.45. The van der Waals surface area contributed by atoms with Gasteiger partial charge in [-0.2, -0.15) is 5.26 Å². The van der Waals surface area contributed by atoms with Crippen molar-refractivity contribution in [1.29, 1.82) is 5.26 Å². The third kappa shape index (κ3) is 4.08. The molecule has 5 heteroatoms. The van der Waals surface area contributed by atoms with Crippen molar-refractivity contribution in [2.24, 2.45) is 11.8 Å². The highest BCUT2D eigenvalue weighted by Crippen LogP contribution is 2.39. The second-order valence-corrected chi connectivity index (χ2v) is 8.46. The predicted molar refractivity (Wildman–Crippen MR) is 105 cm³/mol. The number of hydrogen-bond acceptors (Lipinski definition) is 4. The van der Waals surface area contributed by atoms with Gasteiger partial charge in [-0.1, -0.05) is 20.8 Å². The zero-order valence-corrected chi connectivity index (χ0v) is 16.3. The highest BCUT2D eigenvalue weighted by Gasteiger charge is 2.24. The lowest BCUT2D eigenvalue weighted by atomic mass is 9.88. The number of amides is 1. The van der Waals surface area contributed by atoms with E-state index in [1.165, 1.54) is 4.88 Å². The van der Waals surface area contributed by atoms with Gasteiger partial charge in [0, 0.05) is 10.4 Å². The van der Waals surface area contributed by atoms with Crippen LogP contribution >= 0.6 is 11.3 Å². The number of carbonyl (C=O) groups excluding carboxylic acids is 1. The number of nitrogens with one attached hydrogen (secondary N) is 1. The van der Waals surface area contributed by atoms with Crippen molar-refractivity contribution in [1.82, 2.24) is 0 Å². The van der Waals surface area contributed by atoms with Crippen molar-refractivity contribution in [2.75, 3.05) is 11.9 Å². The Balaban J connectivity index is 1.73. The maximum Gasteiger partial charge on any atom is 0.256 e. The van der Waals surface area contributed by atoms with Crippen LogP contribution in [0.4, 0.5) is 5.00 Å². The lowest BCUT2D eigenvalue weighted by Gasteiger charge is -2.17. The molecule has 1 aromatic carbocycles. The van der Waals surface area contributed by atoms with Gasteiger partial charge in [0.1, 0.15) is 16.8 Å². The largest absolute Gasteiger partial charge is 0.493 e. The molecule has 1 heterocycles. The Morgan fingerprint density at radius 1 is 1.38 bits per heavy atom. The normalized spacial score (nSPS) is 16.0. The van der Waals surface area contributed by atoms with Gasteiger partial charge >= 0.3 is 0 Å². The van der Waals surface area contributed by atoms with Gasteiger partial charge in [0.2, 0.25) is 0 Å². The minimum atomic E-state index is -0.191. The summed E-state index contributed by atoms with van der Waals surface area (Å²) in [6.07, 6.45) is 3.02. The summed E-state index contributed by atoms with van der Waals surface area (Å²) in [4.78, 5) is 13.8. The summed E-state index contributed by atoms with van der Waals surface area (Å²) in [5.41, 5.74) is 2.33. The van der Waals surface area contributed by atoms with E-state index in [1.54, 1.807) is 23.5 Å². The van der Waals surface area contributed by atoms with E-state index in [4.69, 9.17) is 4.74 Å². The van der Waals surface area contributed by atoms with Gasteiger partial charge in [0.25, 0.3) is 5.91 Å². The molecule has 0 radical (unpaired) electrons. The van der Waals surface area contributed by atoms with E-state index in [0.29, 0.717) is 34.6 Å².